The van der Waals surface area contributed by atoms with Gasteiger partial charge in [-0.15, -0.1) is 0 Å². The molecule has 2 heterocycles. The van der Waals surface area contributed by atoms with E-state index in [-0.39, 0.29) is 11.9 Å². The first-order valence-corrected chi connectivity index (χ1v) is 6.31. The van der Waals surface area contributed by atoms with Crippen molar-refractivity contribution in [3.05, 3.63) is 0 Å². The summed E-state index contributed by atoms with van der Waals surface area (Å²) < 4.78 is 5.83. The quantitative estimate of drug-likeness (QED) is 0.718. The number of ether oxygens (including phenoxy) is 1. The molecule has 0 aromatic heterocycles. The van der Waals surface area contributed by atoms with Crippen molar-refractivity contribution in [2.24, 2.45) is 0 Å². The third-order valence-electron chi connectivity index (χ3n) is 3.57. The molecule has 16 heavy (non-hydrogen) atoms. The average molecular weight is 226 g/mol. The van der Waals surface area contributed by atoms with Crippen LogP contribution in [0, 0.1) is 0 Å². The maximum atomic E-state index is 12.5. The highest BCUT2D eigenvalue weighted by Crippen LogP contribution is 2.28. The van der Waals surface area contributed by atoms with Crippen LogP contribution in [0.3, 0.4) is 0 Å². The largest absolute Gasteiger partial charge is 0.362 e. The lowest BCUT2D eigenvalue weighted by molar-refractivity contribution is -0.163. The standard InChI is InChI=1S/C12H22N2O2/c1-10(2)14-7-4-3-5-12(11(14)15)9-13-6-8-16-12/h10,13H,3-9H2,1-2H3. The molecule has 2 rings (SSSR count). The fourth-order valence-electron chi connectivity index (χ4n) is 2.61. The Labute approximate surface area is 97.3 Å². The van der Waals surface area contributed by atoms with Crippen LogP contribution >= 0.6 is 0 Å². The van der Waals surface area contributed by atoms with Gasteiger partial charge in [0.25, 0.3) is 5.91 Å². The van der Waals surface area contributed by atoms with Crippen LogP contribution in [0.2, 0.25) is 0 Å². The molecule has 2 saturated heterocycles. The lowest BCUT2D eigenvalue weighted by Gasteiger charge is -2.39. The molecule has 92 valence electrons. The fourth-order valence-corrected chi connectivity index (χ4v) is 2.61. The number of hydrogen-bond acceptors (Lipinski definition) is 3. The molecule has 2 aliphatic rings. The molecule has 2 aliphatic heterocycles. The van der Waals surface area contributed by atoms with E-state index in [0.717, 1.165) is 32.4 Å². The molecule has 1 N–H and O–H groups in total. The zero-order valence-corrected chi connectivity index (χ0v) is 10.3. The van der Waals surface area contributed by atoms with Crippen LogP contribution in [0.4, 0.5) is 0 Å². The van der Waals surface area contributed by atoms with Crippen LogP contribution in [0.25, 0.3) is 0 Å². The molecule has 0 bridgehead atoms. The van der Waals surface area contributed by atoms with Gasteiger partial charge >= 0.3 is 0 Å². The zero-order valence-electron chi connectivity index (χ0n) is 10.3. The van der Waals surface area contributed by atoms with Crippen molar-refractivity contribution < 1.29 is 9.53 Å². The minimum atomic E-state index is -0.570. The Bertz CT molecular complexity index is 260. The molecule has 0 saturated carbocycles. The maximum Gasteiger partial charge on any atom is 0.256 e. The monoisotopic (exact) mass is 226 g/mol. The lowest BCUT2D eigenvalue weighted by atomic mass is 9.95. The minimum Gasteiger partial charge on any atom is -0.362 e. The first-order valence-electron chi connectivity index (χ1n) is 6.31. The van der Waals surface area contributed by atoms with E-state index in [4.69, 9.17) is 4.74 Å². The summed E-state index contributed by atoms with van der Waals surface area (Å²) in [6.07, 6.45) is 3.04. The Hall–Kier alpha value is -0.610. The first-order chi connectivity index (χ1) is 7.66. The topological polar surface area (TPSA) is 41.6 Å². The molecule has 0 aliphatic carbocycles. The van der Waals surface area contributed by atoms with Crippen LogP contribution in [0.1, 0.15) is 33.1 Å². The number of nitrogens with one attached hydrogen (secondary N) is 1. The summed E-state index contributed by atoms with van der Waals surface area (Å²) in [5.74, 6) is 0.187. The molecule has 1 amide bonds. The van der Waals surface area contributed by atoms with E-state index in [2.05, 4.69) is 19.2 Å². The summed E-state index contributed by atoms with van der Waals surface area (Å²) in [4.78, 5) is 14.5. The first kappa shape index (κ1) is 11.9. The highest BCUT2D eigenvalue weighted by atomic mass is 16.5. The van der Waals surface area contributed by atoms with Gasteiger partial charge in [-0.2, -0.15) is 0 Å². The lowest BCUT2D eigenvalue weighted by Crippen LogP contribution is -2.59. The van der Waals surface area contributed by atoms with E-state index in [1.54, 1.807) is 0 Å². The number of rotatable bonds is 1. The Balaban J connectivity index is 2.19. The molecule has 0 aromatic rings. The second-order valence-electron chi connectivity index (χ2n) is 5.07. The van der Waals surface area contributed by atoms with Gasteiger partial charge in [0.1, 0.15) is 0 Å². The van der Waals surface area contributed by atoms with E-state index in [1.807, 2.05) is 4.90 Å². The fraction of sp³-hybridized carbons (Fsp3) is 0.917. The summed E-state index contributed by atoms with van der Waals surface area (Å²) in [7, 11) is 0. The summed E-state index contributed by atoms with van der Waals surface area (Å²) in [6, 6.07) is 0.271. The molecule has 1 spiro atoms. The highest BCUT2D eigenvalue weighted by molar-refractivity contribution is 5.86. The number of carbonyl (C=O) groups excluding carboxylic acids is 1. The van der Waals surface area contributed by atoms with Crippen molar-refractivity contribution in [3.63, 3.8) is 0 Å². The van der Waals surface area contributed by atoms with Gasteiger partial charge < -0.3 is 15.0 Å². The van der Waals surface area contributed by atoms with E-state index in [0.29, 0.717) is 13.2 Å². The molecular weight excluding hydrogens is 204 g/mol. The predicted molar refractivity (Wildman–Crippen MR) is 62.3 cm³/mol. The molecule has 2 fully saturated rings. The third-order valence-corrected chi connectivity index (χ3v) is 3.57. The number of carbonyl (C=O) groups is 1. The number of hydrogen-bond donors (Lipinski definition) is 1. The summed E-state index contributed by atoms with van der Waals surface area (Å²) >= 11 is 0. The zero-order chi connectivity index (χ0) is 11.6. The van der Waals surface area contributed by atoms with Gasteiger partial charge in [-0.05, 0) is 33.1 Å². The maximum absolute atomic E-state index is 12.5. The van der Waals surface area contributed by atoms with Crippen molar-refractivity contribution >= 4 is 5.91 Å². The van der Waals surface area contributed by atoms with Crippen LogP contribution in [-0.4, -0.2) is 48.7 Å². The highest BCUT2D eigenvalue weighted by Gasteiger charge is 2.45. The second-order valence-corrected chi connectivity index (χ2v) is 5.07. The van der Waals surface area contributed by atoms with E-state index < -0.39 is 5.60 Å². The van der Waals surface area contributed by atoms with E-state index in [1.165, 1.54) is 0 Å². The Kier molecular flexibility index (Phi) is 3.50. The molecule has 0 radical (unpaired) electrons. The Morgan fingerprint density at radius 2 is 2.25 bits per heavy atom. The van der Waals surface area contributed by atoms with Crippen molar-refractivity contribution in [2.75, 3.05) is 26.2 Å². The predicted octanol–water partition coefficient (Wildman–Crippen LogP) is 0.766. The number of morpholine rings is 1. The molecule has 1 unspecified atom stereocenters. The number of amides is 1. The normalized spacial score (nSPS) is 32.2. The van der Waals surface area contributed by atoms with Crippen LogP contribution in [0.5, 0.6) is 0 Å². The molecule has 0 aromatic carbocycles. The SMILES string of the molecule is CC(C)N1CCCCC2(CNCCO2)C1=O. The van der Waals surface area contributed by atoms with Gasteiger partial charge in [-0.3, -0.25) is 4.79 Å². The van der Waals surface area contributed by atoms with Crippen molar-refractivity contribution in [3.8, 4) is 0 Å². The molecule has 4 nitrogen and oxygen atoms in total. The second kappa shape index (κ2) is 4.72. The van der Waals surface area contributed by atoms with Crippen molar-refractivity contribution in [1.29, 1.82) is 0 Å². The van der Waals surface area contributed by atoms with Crippen LogP contribution in [0.15, 0.2) is 0 Å². The minimum absolute atomic E-state index is 0.187. The number of likely N-dealkylation sites (tertiary alicyclic amines) is 1. The Morgan fingerprint density at radius 3 is 2.88 bits per heavy atom. The summed E-state index contributed by atoms with van der Waals surface area (Å²) in [6.45, 7) is 7.21. The van der Waals surface area contributed by atoms with Gasteiger partial charge in [0.15, 0.2) is 5.60 Å². The summed E-state index contributed by atoms with van der Waals surface area (Å²) in [5, 5.41) is 3.29. The van der Waals surface area contributed by atoms with Crippen LogP contribution < -0.4 is 5.32 Å². The Morgan fingerprint density at radius 1 is 1.44 bits per heavy atom. The molecule has 1 atom stereocenters. The van der Waals surface area contributed by atoms with Crippen LogP contribution in [-0.2, 0) is 9.53 Å². The average Bonchev–Trinajstić information content (AvgIpc) is 2.42. The van der Waals surface area contributed by atoms with Gasteiger partial charge in [0.2, 0.25) is 0 Å². The number of nitrogens with zero attached hydrogens (tertiary/aromatic N) is 1. The van der Waals surface area contributed by atoms with E-state index in [9.17, 15) is 4.79 Å². The smallest absolute Gasteiger partial charge is 0.256 e. The van der Waals surface area contributed by atoms with Gasteiger partial charge in [0, 0.05) is 25.7 Å². The van der Waals surface area contributed by atoms with Gasteiger partial charge in [0.05, 0.1) is 6.61 Å². The molecule has 4 heteroatoms. The summed E-state index contributed by atoms with van der Waals surface area (Å²) in [5.41, 5.74) is -0.570. The third kappa shape index (κ3) is 2.09. The van der Waals surface area contributed by atoms with Gasteiger partial charge in [-0.25, -0.2) is 0 Å². The van der Waals surface area contributed by atoms with Crippen molar-refractivity contribution in [1.82, 2.24) is 10.2 Å². The van der Waals surface area contributed by atoms with Crippen molar-refractivity contribution in [2.45, 2.75) is 44.8 Å². The van der Waals surface area contributed by atoms with E-state index >= 15 is 0 Å². The molecular formula is C12H22N2O2. The van der Waals surface area contributed by atoms with Gasteiger partial charge in [-0.1, -0.05) is 0 Å².